The fraction of sp³-hybridized carbons (Fsp3) is 0.0625. The molecule has 2 heterocycles. The largest absolute Gasteiger partial charge is 0.438 e. The van der Waals surface area contributed by atoms with Crippen molar-refractivity contribution in [2.24, 2.45) is 7.05 Å². The summed E-state index contributed by atoms with van der Waals surface area (Å²) in [6, 6.07) is 5.27. The molecule has 0 bridgehead atoms. The molecule has 0 fully saturated rings. The molecule has 0 amide bonds. The van der Waals surface area contributed by atoms with Crippen LogP contribution in [0.25, 0.3) is 11.1 Å². The first-order chi connectivity index (χ1) is 12.3. The Morgan fingerprint density at radius 2 is 1.67 bits per heavy atom. The zero-order valence-electron chi connectivity index (χ0n) is 13.7. The van der Waals surface area contributed by atoms with Crippen molar-refractivity contribution in [1.29, 1.82) is 0 Å². The summed E-state index contributed by atoms with van der Waals surface area (Å²) in [4.78, 5) is 17.1. The summed E-state index contributed by atoms with van der Waals surface area (Å²) < 4.78 is 70.5. The van der Waals surface area contributed by atoms with Crippen LogP contribution in [0.4, 0.5) is 19.4 Å². The molecule has 3 aromatic rings. The number of ether oxygens (including phenoxy) is 1. The van der Waals surface area contributed by atoms with E-state index in [4.69, 9.17) is 4.74 Å². The van der Waals surface area contributed by atoms with Gasteiger partial charge in [-0.2, -0.15) is 0 Å². The molecule has 0 aliphatic carbocycles. The zero-order chi connectivity index (χ0) is 19.9. The van der Waals surface area contributed by atoms with E-state index in [1.54, 1.807) is 12.1 Å². The lowest BCUT2D eigenvalue weighted by Crippen LogP contribution is -2.18. The van der Waals surface area contributed by atoms with Crippen LogP contribution < -0.4 is 10.4 Å². The van der Waals surface area contributed by atoms with Crippen LogP contribution in [0.2, 0.25) is 0 Å². The first-order valence-electron chi connectivity index (χ1n) is 7.33. The molecule has 2 aromatic heterocycles. The van der Waals surface area contributed by atoms with E-state index in [9.17, 15) is 24.2 Å². The van der Waals surface area contributed by atoms with Gasteiger partial charge < -0.3 is 9.30 Å². The second-order valence-electron chi connectivity index (χ2n) is 5.63. The number of nitrogens with zero attached hydrogens (tertiary/aromatic N) is 3. The molecule has 5 nitrogen and oxygen atoms in total. The molecule has 0 saturated heterocycles. The Labute approximate surface area is 149 Å². The highest BCUT2D eigenvalue weighted by atomic mass is 32.5. The number of aromatic nitrogens is 3. The summed E-state index contributed by atoms with van der Waals surface area (Å²) in [6.07, 6.45) is 4.16. The van der Waals surface area contributed by atoms with Gasteiger partial charge in [0.05, 0.1) is 0 Å². The fourth-order valence-electron chi connectivity index (χ4n) is 2.22. The van der Waals surface area contributed by atoms with Crippen molar-refractivity contribution in [3.8, 4) is 22.8 Å². The van der Waals surface area contributed by atoms with Crippen LogP contribution in [0.3, 0.4) is 0 Å². The van der Waals surface area contributed by atoms with Crippen LogP contribution in [-0.2, 0) is 7.05 Å². The van der Waals surface area contributed by atoms with E-state index in [-0.39, 0.29) is 23.8 Å². The van der Waals surface area contributed by atoms with Gasteiger partial charge in [-0.05, 0) is 36.4 Å². The number of aryl methyl sites for hydroxylation is 1. The van der Waals surface area contributed by atoms with Gasteiger partial charge in [0.1, 0.15) is 10.6 Å². The molecular weight excluding hydrogens is 393 g/mol. The van der Waals surface area contributed by atoms with Gasteiger partial charge >= 0.3 is 15.9 Å². The Hall–Kier alpha value is -2.95. The summed E-state index contributed by atoms with van der Waals surface area (Å²) in [5.41, 5.74) is 0.415. The van der Waals surface area contributed by atoms with Gasteiger partial charge in [-0.25, -0.2) is 14.8 Å². The van der Waals surface area contributed by atoms with E-state index in [0.717, 1.165) is 12.1 Å². The van der Waals surface area contributed by atoms with Crippen molar-refractivity contribution in [3.63, 3.8) is 0 Å². The Kier molecular flexibility index (Phi) is 3.85. The van der Waals surface area contributed by atoms with Crippen LogP contribution in [0.5, 0.6) is 11.6 Å². The van der Waals surface area contributed by atoms with E-state index < -0.39 is 20.8 Å². The van der Waals surface area contributed by atoms with E-state index in [1.165, 1.54) is 30.2 Å². The normalized spacial score (nSPS) is 14.3. The van der Waals surface area contributed by atoms with Crippen LogP contribution in [0.1, 0.15) is 0 Å². The lowest BCUT2D eigenvalue weighted by Gasteiger charge is -2.40. The molecule has 144 valence electrons. The third-order valence-corrected chi connectivity index (χ3v) is 4.68. The minimum absolute atomic E-state index is 0.0121. The van der Waals surface area contributed by atoms with Gasteiger partial charge in [0, 0.05) is 36.8 Å². The maximum Gasteiger partial charge on any atom is 0.347 e. The van der Waals surface area contributed by atoms with Gasteiger partial charge in [-0.1, -0.05) is 19.4 Å². The quantitative estimate of drug-likeness (QED) is 0.554. The Morgan fingerprint density at radius 1 is 1.00 bits per heavy atom. The maximum absolute atomic E-state index is 12.8. The van der Waals surface area contributed by atoms with E-state index in [2.05, 4.69) is 9.97 Å². The number of benzene rings is 1. The number of hydrogen-bond acceptors (Lipinski definition) is 4. The molecule has 27 heavy (non-hydrogen) atoms. The summed E-state index contributed by atoms with van der Waals surface area (Å²) in [6.45, 7) is 0. The zero-order valence-corrected chi connectivity index (χ0v) is 14.5. The standard InChI is InChI=1S/C16H12F5N3O2S/c1-24-10-11(9-23-16(24)25)14-3-2-8-22-15(14)26-12-4-6-13(7-5-12)27(17,18,19,20)21/h2-10H,1H3. The van der Waals surface area contributed by atoms with E-state index in [0.29, 0.717) is 11.1 Å². The van der Waals surface area contributed by atoms with Gasteiger partial charge in [0.15, 0.2) is 0 Å². The topological polar surface area (TPSA) is 57.0 Å². The Bertz CT molecular complexity index is 1070. The molecule has 0 atom stereocenters. The third kappa shape index (κ3) is 4.25. The SMILES string of the molecule is Cn1cc(-c2cccnc2Oc2ccc(S(F)(F)(F)(F)F)cc2)cnc1=O. The fourth-order valence-corrected chi connectivity index (χ4v) is 2.87. The van der Waals surface area contributed by atoms with E-state index >= 15 is 0 Å². The van der Waals surface area contributed by atoms with Crippen molar-refractivity contribution >= 4 is 10.2 Å². The van der Waals surface area contributed by atoms with Crippen molar-refractivity contribution in [2.45, 2.75) is 4.90 Å². The smallest absolute Gasteiger partial charge is 0.347 e. The first kappa shape index (κ1) is 18.8. The molecule has 0 aliphatic heterocycles. The molecule has 0 N–H and O–H groups in total. The monoisotopic (exact) mass is 405 g/mol. The van der Waals surface area contributed by atoms with E-state index in [1.807, 2.05) is 0 Å². The number of pyridine rings is 1. The Balaban J connectivity index is 1.96. The first-order valence-corrected chi connectivity index (χ1v) is 9.29. The molecule has 0 unspecified atom stereocenters. The van der Waals surface area contributed by atoms with Crippen LogP contribution >= 0.6 is 10.2 Å². The number of halogens is 5. The molecular formula is C16H12F5N3O2S. The second kappa shape index (κ2) is 5.52. The Morgan fingerprint density at radius 3 is 2.26 bits per heavy atom. The molecule has 11 heteroatoms. The van der Waals surface area contributed by atoms with Gasteiger partial charge in [-0.3, -0.25) is 0 Å². The van der Waals surface area contributed by atoms with Crippen LogP contribution in [0, 0.1) is 0 Å². The van der Waals surface area contributed by atoms with Gasteiger partial charge in [0.2, 0.25) is 5.88 Å². The lowest BCUT2D eigenvalue weighted by atomic mass is 10.1. The molecule has 0 radical (unpaired) electrons. The molecule has 3 rings (SSSR count). The summed E-state index contributed by atoms with van der Waals surface area (Å²) >= 11 is 0. The number of hydrogen-bond donors (Lipinski definition) is 0. The van der Waals surface area contributed by atoms with Crippen molar-refractivity contribution < 1.29 is 24.2 Å². The van der Waals surface area contributed by atoms with Crippen molar-refractivity contribution in [3.05, 3.63) is 65.5 Å². The van der Waals surface area contributed by atoms with Crippen molar-refractivity contribution in [1.82, 2.24) is 14.5 Å². The molecule has 0 saturated carbocycles. The second-order valence-corrected chi connectivity index (χ2v) is 8.04. The highest BCUT2D eigenvalue weighted by molar-refractivity contribution is 8.45. The van der Waals surface area contributed by atoms with Gasteiger partial charge in [-0.15, -0.1) is 0 Å². The molecule has 0 aliphatic rings. The summed E-state index contributed by atoms with van der Waals surface area (Å²) in [7, 11) is -8.25. The maximum atomic E-state index is 12.8. The van der Waals surface area contributed by atoms with Crippen LogP contribution in [0.15, 0.2) is 64.7 Å². The minimum Gasteiger partial charge on any atom is -0.438 e. The predicted octanol–water partition coefficient (Wildman–Crippen LogP) is 5.29. The highest BCUT2D eigenvalue weighted by Crippen LogP contribution is 3.02. The lowest BCUT2D eigenvalue weighted by molar-refractivity contribution is 0.363. The predicted molar refractivity (Wildman–Crippen MR) is 90.6 cm³/mol. The molecule has 1 aromatic carbocycles. The molecule has 0 spiro atoms. The number of rotatable bonds is 4. The van der Waals surface area contributed by atoms with Crippen LogP contribution in [-0.4, -0.2) is 14.5 Å². The third-order valence-electron chi connectivity index (χ3n) is 3.51. The van der Waals surface area contributed by atoms with Crippen molar-refractivity contribution in [2.75, 3.05) is 0 Å². The summed E-state index contributed by atoms with van der Waals surface area (Å²) in [5.74, 6) is -0.101. The highest BCUT2D eigenvalue weighted by Gasteiger charge is 2.65. The average molecular weight is 405 g/mol. The minimum atomic E-state index is -9.74. The summed E-state index contributed by atoms with van der Waals surface area (Å²) in [5, 5.41) is 0. The average Bonchev–Trinajstić information content (AvgIpc) is 2.56. The van der Waals surface area contributed by atoms with Gasteiger partial charge in [0.25, 0.3) is 0 Å².